The van der Waals surface area contributed by atoms with Gasteiger partial charge in [0.15, 0.2) is 18.0 Å². The van der Waals surface area contributed by atoms with Gasteiger partial charge in [-0.3, -0.25) is 4.79 Å². The highest BCUT2D eigenvalue weighted by atomic mass is 35.5. The van der Waals surface area contributed by atoms with Crippen LogP contribution in [0.2, 0.25) is 5.02 Å². The van der Waals surface area contributed by atoms with Gasteiger partial charge in [-0.15, -0.1) is 0 Å². The van der Waals surface area contributed by atoms with Crippen LogP contribution in [0.5, 0.6) is 6.01 Å². The fourth-order valence-corrected chi connectivity index (χ4v) is 4.38. The van der Waals surface area contributed by atoms with Crippen molar-refractivity contribution in [2.75, 3.05) is 13.2 Å². The second-order valence-electron chi connectivity index (χ2n) is 7.93. The minimum atomic E-state index is -0.515. The number of H-pyrrole nitrogens is 1. The average molecular weight is 463 g/mol. The van der Waals surface area contributed by atoms with E-state index < -0.39 is 18.4 Å². The molecule has 4 aromatic rings. The summed E-state index contributed by atoms with van der Waals surface area (Å²) in [6, 6.07) is 20.3. The van der Waals surface area contributed by atoms with Crippen molar-refractivity contribution in [3.63, 3.8) is 0 Å². The van der Waals surface area contributed by atoms with E-state index >= 15 is 0 Å². The Hall–Kier alpha value is -3.46. The van der Waals surface area contributed by atoms with E-state index in [1.807, 2.05) is 42.5 Å². The van der Waals surface area contributed by atoms with Gasteiger partial charge in [-0.25, -0.2) is 4.98 Å². The number of pyridine rings is 1. The Bertz CT molecular complexity index is 1330. The molecule has 2 fully saturated rings. The third-order valence-electron chi connectivity index (χ3n) is 5.75. The SMILES string of the molecule is O=C1CO[C@@H]2[C@H](Oc3nc4nc(-c5ccc(-c6ccccc6)cc5)c(Cl)cc4[nH]3)CO[C@@H]2N1. The number of aromatic nitrogens is 3. The second-order valence-corrected chi connectivity index (χ2v) is 8.34. The van der Waals surface area contributed by atoms with E-state index in [9.17, 15) is 4.79 Å². The van der Waals surface area contributed by atoms with E-state index in [1.165, 1.54) is 0 Å². The summed E-state index contributed by atoms with van der Waals surface area (Å²) in [4.78, 5) is 23.7. The first-order valence-corrected chi connectivity index (χ1v) is 10.9. The minimum absolute atomic E-state index is 0.0197. The van der Waals surface area contributed by atoms with E-state index in [2.05, 4.69) is 32.4 Å². The number of aromatic amines is 1. The van der Waals surface area contributed by atoms with E-state index in [0.717, 1.165) is 16.7 Å². The maximum absolute atomic E-state index is 11.5. The molecule has 2 aliphatic rings. The molecule has 0 bridgehead atoms. The molecule has 0 radical (unpaired) electrons. The van der Waals surface area contributed by atoms with Crippen molar-refractivity contribution in [1.82, 2.24) is 20.3 Å². The zero-order valence-electron chi connectivity index (χ0n) is 17.3. The lowest BCUT2D eigenvalue weighted by Crippen LogP contribution is -2.53. The van der Waals surface area contributed by atoms with Gasteiger partial charge in [0.1, 0.15) is 12.7 Å². The fraction of sp³-hybridized carbons (Fsp3) is 0.208. The predicted octanol–water partition coefficient (Wildman–Crippen LogP) is 3.56. The molecule has 2 aromatic heterocycles. The molecule has 0 saturated carbocycles. The summed E-state index contributed by atoms with van der Waals surface area (Å²) in [5.41, 5.74) is 4.95. The van der Waals surface area contributed by atoms with E-state index in [4.69, 9.17) is 25.8 Å². The molecule has 3 atom stereocenters. The molecule has 9 heteroatoms. The molecule has 1 amide bonds. The summed E-state index contributed by atoms with van der Waals surface area (Å²) in [6.07, 6.45) is -1.32. The Balaban J connectivity index is 1.25. The molecule has 0 unspecified atom stereocenters. The fourth-order valence-electron chi connectivity index (χ4n) is 4.12. The molecular weight excluding hydrogens is 444 g/mol. The first kappa shape index (κ1) is 20.2. The van der Waals surface area contributed by atoms with Gasteiger partial charge in [-0.2, -0.15) is 4.98 Å². The number of nitrogens with one attached hydrogen (secondary N) is 2. The summed E-state index contributed by atoms with van der Waals surface area (Å²) in [7, 11) is 0. The highest BCUT2D eigenvalue weighted by Gasteiger charge is 2.44. The van der Waals surface area contributed by atoms with E-state index in [-0.39, 0.29) is 19.1 Å². The maximum atomic E-state index is 11.5. The Morgan fingerprint density at radius 2 is 1.73 bits per heavy atom. The Morgan fingerprint density at radius 1 is 0.970 bits per heavy atom. The summed E-state index contributed by atoms with van der Waals surface area (Å²) in [5, 5.41) is 3.25. The van der Waals surface area contributed by atoms with Gasteiger partial charge >= 0.3 is 0 Å². The Labute approximate surface area is 193 Å². The molecule has 0 spiro atoms. The molecule has 2 aromatic carbocycles. The van der Waals surface area contributed by atoms with Crippen molar-refractivity contribution >= 4 is 28.7 Å². The number of carbonyl (C=O) groups is 1. The molecule has 2 aliphatic heterocycles. The van der Waals surface area contributed by atoms with Crippen molar-refractivity contribution < 1.29 is 19.0 Å². The van der Waals surface area contributed by atoms with Crippen LogP contribution in [0.3, 0.4) is 0 Å². The lowest BCUT2D eigenvalue weighted by Gasteiger charge is -2.27. The van der Waals surface area contributed by atoms with Gasteiger partial charge in [0, 0.05) is 5.56 Å². The molecule has 2 N–H and O–H groups in total. The highest BCUT2D eigenvalue weighted by Crippen LogP contribution is 2.32. The molecule has 33 heavy (non-hydrogen) atoms. The number of benzene rings is 2. The van der Waals surface area contributed by atoms with E-state index in [0.29, 0.717) is 27.9 Å². The van der Waals surface area contributed by atoms with Crippen LogP contribution in [0, 0.1) is 0 Å². The van der Waals surface area contributed by atoms with Gasteiger partial charge in [-0.05, 0) is 17.2 Å². The number of carbonyl (C=O) groups excluding carboxylic acids is 1. The molecule has 166 valence electrons. The molecule has 2 saturated heterocycles. The number of morpholine rings is 1. The summed E-state index contributed by atoms with van der Waals surface area (Å²) in [6.45, 7) is 0.258. The third kappa shape index (κ3) is 3.82. The van der Waals surface area contributed by atoms with Crippen LogP contribution >= 0.6 is 11.6 Å². The number of ether oxygens (including phenoxy) is 3. The largest absolute Gasteiger partial charge is 0.456 e. The number of imidazole rings is 1. The Kier molecular flexibility index (Phi) is 4.98. The number of hydrogen-bond donors (Lipinski definition) is 2. The number of nitrogens with zero attached hydrogens (tertiary/aromatic N) is 2. The molecule has 8 nitrogen and oxygen atoms in total. The van der Waals surface area contributed by atoms with Crippen molar-refractivity contribution in [3.8, 4) is 28.4 Å². The average Bonchev–Trinajstić information content (AvgIpc) is 3.42. The molecule has 6 rings (SSSR count). The molecular formula is C24H19ClN4O4. The van der Waals surface area contributed by atoms with Crippen molar-refractivity contribution in [1.29, 1.82) is 0 Å². The van der Waals surface area contributed by atoms with Crippen molar-refractivity contribution in [2.24, 2.45) is 0 Å². The predicted molar refractivity (Wildman–Crippen MR) is 122 cm³/mol. The number of fused-ring (bicyclic) bond motifs is 2. The topological polar surface area (TPSA) is 98.4 Å². The number of amides is 1. The van der Waals surface area contributed by atoms with Crippen molar-refractivity contribution in [3.05, 3.63) is 65.7 Å². The number of hydrogen-bond acceptors (Lipinski definition) is 6. The molecule has 4 heterocycles. The van der Waals surface area contributed by atoms with Gasteiger partial charge in [0.05, 0.1) is 22.8 Å². The molecule has 0 aliphatic carbocycles. The van der Waals surface area contributed by atoms with Gasteiger partial charge in [0.25, 0.3) is 6.01 Å². The van der Waals surface area contributed by atoms with Crippen LogP contribution in [0.4, 0.5) is 0 Å². The summed E-state index contributed by atoms with van der Waals surface area (Å²) >= 11 is 6.55. The quantitative estimate of drug-likeness (QED) is 0.481. The second kappa shape index (κ2) is 8.15. The number of rotatable bonds is 4. The van der Waals surface area contributed by atoms with Crippen LogP contribution in [0.15, 0.2) is 60.7 Å². The summed E-state index contributed by atoms with van der Waals surface area (Å²) in [5.74, 6) is -0.205. The first-order chi connectivity index (χ1) is 16.1. The zero-order valence-corrected chi connectivity index (χ0v) is 18.1. The van der Waals surface area contributed by atoms with Crippen LogP contribution in [0.1, 0.15) is 0 Å². The van der Waals surface area contributed by atoms with Crippen LogP contribution in [-0.4, -0.2) is 52.5 Å². The standard InChI is InChI=1S/C24H19ClN4O4/c25-16-10-17-22(28-20(16)15-8-6-14(7-9-15)13-4-2-1-3-5-13)29-24(26-17)33-18-11-32-23-21(18)31-12-19(30)27-23/h1-10,18,21,23H,11-12H2,(H,27,30)(H,26,28,29)/t18-,21-,23+/m1/s1. The van der Waals surface area contributed by atoms with Gasteiger partial charge in [-0.1, -0.05) is 66.2 Å². The normalized spacial score (nSPS) is 22.2. The minimum Gasteiger partial charge on any atom is -0.456 e. The summed E-state index contributed by atoms with van der Waals surface area (Å²) < 4.78 is 17.1. The third-order valence-corrected chi connectivity index (χ3v) is 6.04. The first-order valence-electron chi connectivity index (χ1n) is 10.6. The lowest BCUT2D eigenvalue weighted by molar-refractivity contribution is -0.146. The highest BCUT2D eigenvalue weighted by molar-refractivity contribution is 6.33. The zero-order chi connectivity index (χ0) is 22.4. The monoisotopic (exact) mass is 462 g/mol. The van der Waals surface area contributed by atoms with Gasteiger partial charge < -0.3 is 24.5 Å². The smallest absolute Gasteiger partial charge is 0.296 e. The van der Waals surface area contributed by atoms with Gasteiger partial charge in [0.2, 0.25) is 5.91 Å². The van der Waals surface area contributed by atoms with Crippen LogP contribution < -0.4 is 10.1 Å². The Morgan fingerprint density at radius 3 is 2.55 bits per heavy atom. The van der Waals surface area contributed by atoms with Crippen molar-refractivity contribution in [2.45, 2.75) is 18.4 Å². The lowest BCUT2D eigenvalue weighted by atomic mass is 10.0. The van der Waals surface area contributed by atoms with Crippen LogP contribution in [0.25, 0.3) is 33.5 Å². The number of halogens is 1. The van der Waals surface area contributed by atoms with E-state index in [1.54, 1.807) is 6.07 Å². The maximum Gasteiger partial charge on any atom is 0.296 e. The van der Waals surface area contributed by atoms with Crippen LogP contribution in [-0.2, 0) is 14.3 Å².